The number of nitrogens with zero attached hydrogens (tertiary/aromatic N) is 3. The Kier molecular flexibility index (Phi) is 10.6. The summed E-state index contributed by atoms with van der Waals surface area (Å²) in [6.07, 6.45) is 7.18. The third-order valence-electron chi connectivity index (χ3n) is 5.67. The van der Waals surface area contributed by atoms with Crippen LogP contribution in [0.2, 0.25) is 0 Å². The number of amides is 1. The van der Waals surface area contributed by atoms with Crippen molar-refractivity contribution in [1.29, 1.82) is 0 Å². The van der Waals surface area contributed by atoms with Crippen LogP contribution in [0.4, 0.5) is 17.3 Å². The summed E-state index contributed by atoms with van der Waals surface area (Å²) in [7, 11) is 2.05. The number of rotatable bonds is 14. The molecule has 4 N–H and O–H groups in total. The fourth-order valence-electron chi connectivity index (χ4n) is 3.76. The molecule has 0 aliphatic heterocycles. The highest BCUT2D eigenvalue weighted by molar-refractivity contribution is 7.99. The lowest BCUT2D eigenvalue weighted by molar-refractivity contribution is -0.115. The van der Waals surface area contributed by atoms with Gasteiger partial charge in [-0.1, -0.05) is 26.7 Å². The molecule has 0 saturated heterocycles. The van der Waals surface area contributed by atoms with Crippen molar-refractivity contribution in [3.8, 4) is 0 Å². The molecule has 35 heavy (non-hydrogen) atoms. The molecule has 9 heteroatoms. The second kappa shape index (κ2) is 13.8. The number of carbonyl (C=O) groups excluding carboxylic acids is 1. The van der Waals surface area contributed by atoms with Gasteiger partial charge in [-0.15, -0.1) is 0 Å². The molecule has 0 spiro atoms. The average Bonchev–Trinajstić information content (AvgIpc) is 3.26. The van der Waals surface area contributed by atoms with Gasteiger partial charge in [-0.3, -0.25) is 9.89 Å². The van der Waals surface area contributed by atoms with Crippen molar-refractivity contribution < 1.29 is 4.79 Å². The van der Waals surface area contributed by atoms with Gasteiger partial charge < -0.3 is 16.0 Å². The standard InChI is InChI=1S/C26H37N7OS/c1-5-9-19(27-4)10-7-8-11-21-17-23(30-24-16-18(3)32-33-24)31-26(29-21)35-22-14-12-20(13-15-22)28-25(34)6-2/h12-17,19,27H,5-11H2,1-4H3,(H,28,34)(H2,29,30,31,32,33). The molecular formula is C26H37N7OS. The van der Waals surface area contributed by atoms with E-state index in [1.54, 1.807) is 0 Å². The maximum atomic E-state index is 11.6. The predicted octanol–water partition coefficient (Wildman–Crippen LogP) is 5.85. The Morgan fingerprint density at radius 3 is 2.51 bits per heavy atom. The normalized spacial score (nSPS) is 11.9. The summed E-state index contributed by atoms with van der Waals surface area (Å²) < 4.78 is 0. The Morgan fingerprint density at radius 1 is 1.06 bits per heavy atom. The van der Waals surface area contributed by atoms with Crippen molar-refractivity contribution in [3.63, 3.8) is 0 Å². The van der Waals surface area contributed by atoms with Crippen LogP contribution in [0.25, 0.3) is 0 Å². The minimum Gasteiger partial charge on any atom is -0.326 e. The molecule has 0 saturated carbocycles. The van der Waals surface area contributed by atoms with Crippen LogP contribution >= 0.6 is 11.8 Å². The monoisotopic (exact) mass is 495 g/mol. The number of anilines is 3. The number of nitrogens with one attached hydrogen (secondary N) is 4. The number of unbranched alkanes of at least 4 members (excludes halogenated alkanes) is 1. The Labute approximate surface area is 212 Å². The van der Waals surface area contributed by atoms with Crippen molar-refractivity contribution in [2.24, 2.45) is 0 Å². The molecule has 8 nitrogen and oxygen atoms in total. The van der Waals surface area contributed by atoms with E-state index in [1.807, 2.05) is 57.3 Å². The van der Waals surface area contributed by atoms with Crippen molar-refractivity contribution in [1.82, 2.24) is 25.5 Å². The molecule has 1 unspecified atom stereocenters. The van der Waals surface area contributed by atoms with Gasteiger partial charge in [0.25, 0.3) is 0 Å². The van der Waals surface area contributed by atoms with E-state index in [1.165, 1.54) is 31.0 Å². The van der Waals surface area contributed by atoms with E-state index in [9.17, 15) is 4.79 Å². The molecule has 1 amide bonds. The Morgan fingerprint density at radius 2 is 1.86 bits per heavy atom. The van der Waals surface area contributed by atoms with Crippen molar-refractivity contribution in [2.45, 2.75) is 81.8 Å². The fraction of sp³-hybridized carbons (Fsp3) is 0.462. The second-order valence-corrected chi connectivity index (χ2v) is 9.68. The second-order valence-electron chi connectivity index (χ2n) is 8.64. The summed E-state index contributed by atoms with van der Waals surface area (Å²) in [4.78, 5) is 22.2. The third kappa shape index (κ3) is 8.99. The molecule has 3 aromatic rings. The summed E-state index contributed by atoms with van der Waals surface area (Å²) in [6.45, 7) is 6.03. The summed E-state index contributed by atoms with van der Waals surface area (Å²) in [5, 5.41) is 17.5. The van der Waals surface area contributed by atoms with Gasteiger partial charge >= 0.3 is 0 Å². The summed E-state index contributed by atoms with van der Waals surface area (Å²) >= 11 is 1.51. The number of H-pyrrole nitrogens is 1. The number of hydrogen-bond donors (Lipinski definition) is 4. The van der Waals surface area contributed by atoms with Crippen LogP contribution in [-0.2, 0) is 11.2 Å². The van der Waals surface area contributed by atoms with Crippen LogP contribution in [0.3, 0.4) is 0 Å². The largest absolute Gasteiger partial charge is 0.326 e. The van der Waals surface area contributed by atoms with E-state index >= 15 is 0 Å². The lowest BCUT2D eigenvalue weighted by atomic mass is 10.0. The van der Waals surface area contributed by atoms with Crippen LogP contribution in [-0.4, -0.2) is 39.2 Å². The molecule has 0 aliphatic carbocycles. The Bertz CT molecular complexity index is 1070. The van der Waals surface area contributed by atoms with Crippen LogP contribution in [0.15, 0.2) is 46.5 Å². The number of hydrogen-bond acceptors (Lipinski definition) is 7. The molecule has 1 aromatic carbocycles. The average molecular weight is 496 g/mol. The number of aryl methyl sites for hydroxylation is 2. The summed E-state index contributed by atoms with van der Waals surface area (Å²) in [5.74, 6) is 1.46. The molecule has 3 rings (SSSR count). The van der Waals surface area contributed by atoms with E-state index < -0.39 is 0 Å². The first-order valence-electron chi connectivity index (χ1n) is 12.4. The van der Waals surface area contributed by atoms with Crippen molar-refractivity contribution >= 4 is 35.0 Å². The highest BCUT2D eigenvalue weighted by Gasteiger charge is 2.10. The SMILES string of the molecule is CCCC(CCCCc1cc(Nc2cc(C)[nH]n2)nc(Sc2ccc(NC(=O)CC)cc2)n1)NC. The Balaban J connectivity index is 1.70. The number of carbonyl (C=O) groups is 1. The van der Waals surface area contributed by atoms with Gasteiger partial charge in [-0.2, -0.15) is 5.10 Å². The molecule has 2 heterocycles. The molecule has 0 bridgehead atoms. The van der Waals surface area contributed by atoms with Crippen LogP contribution in [0.1, 0.15) is 63.8 Å². The van der Waals surface area contributed by atoms with Gasteiger partial charge in [-0.25, -0.2) is 9.97 Å². The van der Waals surface area contributed by atoms with Gasteiger partial charge in [0, 0.05) is 46.6 Å². The summed E-state index contributed by atoms with van der Waals surface area (Å²) in [6, 6.07) is 12.3. The first-order valence-corrected chi connectivity index (χ1v) is 13.2. The van der Waals surface area contributed by atoms with E-state index in [0.29, 0.717) is 17.6 Å². The highest BCUT2D eigenvalue weighted by Crippen LogP contribution is 2.28. The van der Waals surface area contributed by atoms with E-state index in [2.05, 4.69) is 33.1 Å². The van der Waals surface area contributed by atoms with Crippen LogP contribution in [0.5, 0.6) is 0 Å². The zero-order chi connectivity index (χ0) is 25.0. The van der Waals surface area contributed by atoms with Gasteiger partial charge in [0.1, 0.15) is 5.82 Å². The van der Waals surface area contributed by atoms with Crippen molar-refractivity contribution in [2.75, 3.05) is 17.7 Å². The van der Waals surface area contributed by atoms with E-state index in [0.717, 1.165) is 52.9 Å². The molecule has 0 radical (unpaired) electrons. The zero-order valence-corrected chi connectivity index (χ0v) is 22.0. The van der Waals surface area contributed by atoms with Gasteiger partial charge in [0.05, 0.1) is 0 Å². The lowest BCUT2D eigenvalue weighted by Gasteiger charge is -2.14. The third-order valence-corrected chi connectivity index (χ3v) is 6.54. The van der Waals surface area contributed by atoms with Gasteiger partial charge in [0.15, 0.2) is 11.0 Å². The lowest BCUT2D eigenvalue weighted by Crippen LogP contribution is -2.24. The molecule has 188 valence electrons. The quantitative estimate of drug-likeness (QED) is 0.164. The van der Waals surface area contributed by atoms with Crippen molar-refractivity contribution in [3.05, 3.63) is 47.8 Å². The minimum absolute atomic E-state index is 0.00138. The topological polar surface area (TPSA) is 108 Å². The molecule has 0 fully saturated rings. The van der Waals surface area contributed by atoms with Gasteiger partial charge in [0.2, 0.25) is 5.91 Å². The number of aromatic amines is 1. The fourth-order valence-corrected chi connectivity index (χ4v) is 4.55. The van der Waals surface area contributed by atoms with Crippen LogP contribution in [0, 0.1) is 6.92 Å². The summed E-state index contributed by atoms with van der Waals surface area (Å²) in [5.41, 5.74) is 2.79. The molecule has 0 aliphatic rings. The predicted molar refractivity (Wildman–Crippen MR) is 143 cm³/mol. The van der Waals surface area contributed by atoms with Crippen LogP contribution < -0.4 is 16.0 Å². The molecular weight excluding hydrogens is 458 g/mol. The Hall–Kier alpha value is -2.91. The van der Waals surface area contributed by atoms with E-state index in [-0.39, 0.29) is 5.91 Å². The highest BCUT2D eigenvalue weighted by atomic mass is 32.2. The molecule has 2 aromatic heterocycles. The van der Waals surface area contributed by atoms with Gasteiger partial charge in [-0.05, 0) is 75.7 Å². The maximum Gasteiger partial charge on any atom is 0.224 e. The zero-order valence-electron chi connectivity index (χ0n) is 21.1. The first kappa shape index (κ1) is 26.7. The first-order chi connectivity index (χ1) is 17.0. The number of aromatic nitrogens is 4. The maximum absolute atomic E-state index is 11.6. The smallest absolute Gasteiger partial charge is 0.224 e. The molecule has 1 atom stereocenters. The number of benzene rings is 1. The van der Waals surface area contributed by atoms with E-state index in [4.69, 9.17) is 9.97 Å². The minimum atomic E-state index is 0.00138.